The molecule has 1 aromatic carbocycles. The third kappa shape index (κ3) is 2.34. The largest absolute Gasteiger partial charge is 0.465 e. The Kier molecular flexibility index (Phi) is 3.57. The molecule has 4 nitrogen and oxygen atoms in total. The first kappa shape index (κ1) is 12.9. The van der Waals surface area contributed by atoms with Crippen molar-refractivity contribution in [2.75, 3.05) is 0 Å². The Morgan fingerprint density at radius 1 is 1.44 bits per heavy atom. The van der Waals surface area contributed by atoms with Gasteiger partial charge >= 0.3 is 6.09 Å². The van der Waals surface area contributed by atoms with E-state index in [9.17, 15) is 9.90 Å². The highest BCUT2D eigenvalue weighted by Crippen LogP contribution is 2.45. The number of carboxylic acid groups (broad SMARTS) is 1. The van der Waals surface area contributed by atoms with Gasteiger partial charge < -0.3 is 10.8 Å². The molecule has 0 bridgehead atoms. The van der Waals surface area contributed by atoms with E-state index in [1.165, 1.54) is 4.90 Å². The van der Waals surface area contributed by atoms with E-state index >= 15 is 0 Å². The highest BCUT2D eigenvalue weighted by Gasteiger charge is 2.53. The van der Waals surface area contributed by atoms with Crippen LogP contribution in [0.25, 0.3) is 0 Å². The van der Waals surface area contributed by atoms with E-state index in [1.54, 1.807) is 0 Å². The average Bonchev–Trinajstić information content (AvgIpc) is 3.17. The molecule has 1 aliphatic rings. The van der Waals surface area contributed by atoms with Gasteiger partial charge in [0, 0.05) is 12.6 Å². The van der Waals surface area contributed by atoms with Crippen molar-refractivity contribution in [3.8, 4) is 0 Å². The third-order valence-electron chi connectivity index (χ3n) is 3.84. The molecule has 0 aliphatic heterocycles. The fraction of sp³-hybridized carbons (Fsp3) is 0.500. The summed E-state index contributed by atoms with van der Waals surface area (Å²) in [6.45, 7) is 2.43. The van der Waals surface area contributed by atoms with Crippen LogP contribution in [0.1, 0.15) is 31.7 Å². The fourth-order valence-corrected chi connectivity index (χ4v) is 2.53. The number of rotatable bonds is 5. The molecule has 0 saturated heterocycles. The molecule has 1 saturated carbocycles. The maximum atomic E-state index is 11.5. The van der Waals surface area contributed by atoms with Crippen LogP contribution < -0.4 is 5.73 Å². The van der Waals surface area contributed by atoms with Crippen LogP contribution in [0.15, 0.2) is 30.3 Å². The van der Waals surface area contributed by atoms with E-state index in [-0.39, 0.29) is 11.6 Å². The second-order valence-electron chi connectivity index (χ2n) is 4.97. The summed E-state index contributed by atoms with van der Waals surface area (Å²) >= 11 is 0. The maximum Gasteiger partial charge on any atom is 0.408 e. The van der Waals surface area contributed by atoms with Crippen molar-refractivity contribution in [1.29, 1.82) is 0 Å². The lowest BCUT2D eigenvalue weighted by Crippen LogP contribution is -2.51. The lowest BCUT2D eigenvalue weighted by atomic mass is 10.0. The molecule has 0 spiro atoms. The molecule has 1 aliphatic carbocycles. The smallest absolute Gasteiger partial charge is 0.408 e. The third-order valence-corrected chi connectivity index (χ3v) is 3.84. The highest BCUT2D eigenvalue weighted by atomic mass is 16.4. The quantitative estimate of drug-likeness (QED) is 0.841. The van der Waals surface area contributed by atoms with Gasteiger partial charge in [-0.15, -0.1) is 0 Å². The van der Waals surface area contributed by atoms with E-state index in [2.05, 4.69) is 0 Å². The minimum absolute atomic E-state index is 0.0719. The zero-order valence-electron chi connectivity index (χ0n) is 10.7. The Balaban J connectivity index is 2.17. The fourth-order valence-electron chi connectivity index (χ4n) is 2.53. The van der Waals surface area contributed by atoms with Crippen LogP contribution in [-0.4, -0.2) is 27.7 Å². The Labute approximate surface area is 107 Å². The molecule has 1 unspecified atom stereocenters. The molecule has 1 aromatic rings. The van der Waals surface area contributed by atoms with Crippen molar-refractivity contribution in [3.63, 3.8) is 0 Å². The summed E-state index contributed by atoms with van der Waals surface area (Å²) in [7, 11) is 0. The average molecular weight is 248 g/mol. The molecule has 4 heteroatoms. The molecular formula is C14H20N2O2. The van der Waals surface area contributed by atoms with Gasteiger partial charge in [-0.25, -0.2) is 4.79 Å². The Morgan fingerprint density at radius 3 is 2.50 bits per heavy atom. The van der Waals surface area contributed by atoms with E-state index < -0.39 is 6.09 Å². The molecule has 2 rings (SSSR count). The lowest BCUT2D eigenvalue weighted by molar-refractivity contribution is 0.102. The van der Waals surface area contributed by atoms with Gasteiger partial charge in [0.05, 0.1) is 5.54 Å². The van der Waals surface area contributed by atoms with Gasteiger partial charge in [-0.05, 0) is 24.8 Å². The van der Waals surface area contributed by atoms with Crippen LogP contribution in [0.4, 0.5) is 4.79 Å². The van der Waals surface area contributed by atoms with Gasteiger partial charge in [-0.1, -0.05) is 37.3 Å². The van der Waals surface area contributed by atoms with Gasteiger partial charge in [0.2, 0.25) is 0 Å². The molecular weight excluding hydrogens is 228 g/mol. The van der Waals surface area contributed by atoms with Gasteiger partial charge in [0.15, 0.2) is 0 Å². The van der Waals surface area contributed by atoms with Crippen molar-refractivity contribution in [2.24, 2.45) is 5.73 Å². The van der Waals surface area contributed by atoms with Crippen LogP contribution in [-0.2, 0) is 6.54 Å². The van der Waals surface area contributed by atoms with E-state index in [1.807, 2.05) is 37.3 Å². The zero-order chi connectivity index (χ0) is 13.2. The predicted octanol–water partition coefficient (Wildman–Crippen LogP) is 2.44. The minimum atomic E-state index is -0.875. The summed E-state index contributed by atoms with van der Waals surface area (Å²) < 4.78 is 0. The number of hydrogen-bond donors (Lipinski definition) is 2. The van der Waals surface area contributed by atoms with Crippen LogP contribution in [0.5, 0.6) is 0 Å². The molecule has 98 valence electrons. The first-order valence-corrected chi connectivity index (χ1v) is 6.40. The molecule has 1 atom stereocenters. The van der Waals surface area contributed by atoms with Crippen molar-refractivity contribution in [1.82, 2.24) is 4.90 Å². The predicted molar refractivity (Wildman–Crippen MR) is 70.2 cm³/mol. The maximum absolute atomic E-state index is 11.5. The SMILES string of the molecule is CCC(N)C1(N(Cc2ccccc2)C(=O)O)CC1. The minimum Gasteiger partial charge on any atom is -0.465 e. The van der Waals surface area contributed by atoms with Crippen LogP contribution in [0.2, 0.25) is 0 Å². The molecule has 1 fully saturated rings. The summed E-state index contributed by atoms with van der Waals surface area (Å²) in [6.07, 6.45) is 1.68. The summed E-state index contributed by atoms with van der Waals surface area (Å²) in [4.78, 5) is 13.0. The number of hydrogen-bond acceptors (Lipinski definition) is 2. The first-order chi connectivity index (χ1) is 8.60. The van der Waals surface area contributed by atoms with Crippen molar-refractivity contribution in [2.45, 2.75) is 44.3 Å². The number of nitrogens with two attached hydrogens (primary N) is 1. The Hall–Kier alpha value is -1.55. The number of benzene rings is 1. The van der Waals surface area contributed by atoms with E-state index in [0.29, 0.717) is 6.54 Å². The van der Waals surface area contributed by atoms with Crippen LogP contribution >= 0.6 is 0 Å². The monoisotopic (exact) mass is 248 g/mol. The summed E-state index contributed by atoms with van der Waals surface area (Å²) in [5.41, 5.74) is 6.77. The van der Waals surface area contributed by atoms with Crippen LogP contribution in [0, 0.1) is 0 Å². The second kappa shape index (κ2) is 4.98. The summed E-state index contributed by atoms with van der Waals surface area (Å²) in [6, 6.07) is 9.60. The normalized spacial score (nSPS) is 18.1. The molecule has 1 amide bonds. The molecule has 0 heterocycles. The summed E-state index contributed by atoms with van der Waals surface area (Å²) in [5.74, 6) is 0. The van der Waals surface area contributed by atoms with Gasteiger partial charge in [-0.2, -0.15) is 0 Å². The second-order valence-corrected chi connectivity index (χ2v) is 4.97. The topological polar surface area (TPSA) is 66.6 Å². The Bertz CT molecular complexity index is 415. The zero-order valence-corrected chi connectivity index (χ0v) is 10.7. The van der Waals surface area contributed by atoms with Crippen molar-refractivity contribution in [3.05, 3.63) is 35.9 Å². The van der Waals surface area contributed by atoms with Crippen molar-refractivity contribution < 1.29 is 9.90 Å². The first-order valence-electron chi connectivity index (χ1n) is 6.40. The van der Waals surface area contributed by atoms with E-state index in [0.717, 1.165) is 24.8 Å². The standard InChI is InChI=1S/C14H20N2O2/c1-2-12(15)14(8-9-14)16(13(17)18)10-11-6-4-3-5-7-11/h3-7,12H,2,8-10,15H2,1H3,(H,17,18). The van der Waals surface area contributed by atoms with E-state index in [4.69, 9.17) is 5.73 Å². The number of amides is 1. The molecule has 18 heavy (non-hydrogen) atoms. The van der Waals surface area contributed by atoms with Gasteiger partial charge in [-0.3, -0.25) is 4.90 Å². The number of carbonyl (C=O) groups is 1. The lowest BCUT2D eigenvalue weighted by Gasteiger charge is -2.33. The molecule has 0 radical (unpaired) electrons. The Morgan fingerprint density at radius 2 is 2.06 bits per heavy atom. The van der Waals surface area contributed by atoms with Crippen molar-refractivity contribution >= 4 is 6.09 Å². The molecule has 0 aromatic heterocycles. The van der Waals surface area contributed by atoms with Crippen LogP contribution in [0.3, 0.4) is 0 Å². The number of nitrogens with zero attached hydrogens (tertiary/aromatic N) is 1. The molecule has 3 N–H and O–H groups in total. The summed E-state index contributed by atoms with van der Waals surface area (Å²) in [5, 5.41) is 9.42. The van der Waals surface area contributed by atoms with Gasteiger partial charge in [0.1, 0.15) is 0 Å². The highest BCUT2D eigenvalue weighted by molar-refractivity contribution is 5.67. The van der Waals surface area contributed by atoms with Gasteiger partial charge in [0.25, 0.3) is 0 Å².